The van der Waals surface area contributed by atoms with Crippen molar-refractivity contribution >= 4 is 15.8 Å². The van der Waals surface area contributed by atoms with Crippen molar-refractivity contribution in [3.8, 4) is 11.3 Å². The summed E-state index contributed by atoms with van der Waals surface area (Å²) >= 11 is 0. The number of anilines is 1. The molecule has 9 heteroatoms. The second-order valence-corrected chi connectivity index (χ2v) is 10.7. The maximum atomic E-state index is 12.4. The van der Waals surface area contributed by atoms with E-state index in [0.29, 0.717) is 24.0 Å². The Balaban J connectivity index is 1.60. The van der Waals surface area contributed by atoms with Crippen LogP contribution in [0.3, 0.4) is 0 Å². The Hall–Kier alpha value is -2.16. The lowest BCUT2D eigenvalue weighted by atomic mass is 9.92. The average Bonchev–Trinajstić information content (AvgIpc) is 3.16. The van der Waals surface area contributed by atoms with Crippen molar-refractivity contribution in [3.63, 3.8) is 0 Å². The molecule has 2 fully saturated rings. The van der Waals surface area contributed by atoms with Crippen molar-refractivity contribution in [1.82, 2.24) is 19.7 Å². The van der Waals surface area contributed by atoms with Crippen LogP contribution in [0.1, 0.15) is 38.4 Å². The summed E-state index contributed by atoms with van der Waals surface area (Å²) < 4.78 is 24.9. The van der Waals surface area contributed by atoms with E-state index in [4.69, 9.17) is 0 Å². The topological polar surface area (TPSA) is 101 Å². The first kappa shape index (κ1) is 19.2. The zero-order valence-corrected chi connectivity index (χ0v) is 17.4. The van der Waals surface area contributed by atoms with Gasteiger partial charge in [-0.05, 0) is 31.6 Å². The first-order chi connectivity index (χ1) is 13.2. The SMILES string of the molecule is Cc1nc(N2CC(C)CC(C)C2)ncc1-c1cc(=O)n(C2CCS(=O)(=O)C2)[nH]1. The van der Waals surface area contributed by atoms with Crippen LogP contribution in [0.5, 0.6) is 0 Å². The van der Waals surface area contributed by atoms with Gasteiger partial charge >= 0.3 is 0 Å². The number of rotatable bonds is 3. The first-order valence-electron chi connectivity index (χ1n) is 9.83. The Morgan fingerprint density at radius 1 is 1.21 bits per heavy atom. The fourth-order valence-electron chi connectivity index (χ4n) is 4.50. The molecule has 4 rings (SSSR count). The number of hydrogen-bond donors (Lipinski definition) is 1. The highest BCUT2D eigenvalue weighted by Crippen LogP contribution is 2.27. The average molecular weight is 406 g/mol. The number of aromatic nitrogens is 4. The highest BCUT2D eigenvalue weighted by atomic mass is 32.2. The van der Waals surface area contributed by atoms with Crippen LogP contribution < -0.4 is 10.5 Å². The fourth-order valence-corrected chi connectivity index (χ4v) is 6.20. The van der Waals surface area contributed by atoms with E-state index in [2.05, 4.69) is 33.8 Å². The maximum absolute atomic E-state index is 12.4. The van der Waals surface area contributed by atoms with E-state index in [-0.39, 0.29) is 23.1 Å². The molecule has 0 spiro atoms. The molecule has 2 saturated heterocycles. The Bertz CT molecular complexity index is 1030. The van der Waals surface area contributed by atoms with E-state index in [1.54, 1.807) is 6.20 Å². The summed E-state index contributed by atoms with van der Waals surface area (Å²) in [6.45, 7) is 8.31. The number of aryl methyl sites for hydroxylation is 1. The minimum atomic E-state index is -3.06. The second-order valence-electron chi connectivity index (χ2n) is 8.46. The van der Waals surface area contributed by atoms with Gasteiger partial charge in [0.05, 0.1) is 28.9 Å². The molecule has 4 heterocycles. The van der Waals surface area contributed by atoms with E-state index in [9.17, 15) is 13.2 Å². The Morgan fingerprint density at radius 2 is 1.93 bits per heavy atom. The summed E-state index contributed by atoms with van der Waals surface area (Å²) in [4.78, 5) is 23.9. The van der Waals surface area contributed by atoms with Crippen molar-refractivity contribution in [2.45, 2.75) is 39.7 Å². The molecule has 0 saturated carbocycles. The molecule has 2 aliphatic heterocycles. The fraction of sp³-hybridized carbons (Fsp3) is 0.632. The van der Waals surface area contributed by atoms with Crippen molar-refractivity contribution in [1.29, 1.82) is 0 Å². The van der Waals surface area contributed by atoms with Crippen LogP contribution in [0.15, 0.2) is 17.1 Å². The molecule has 0 bridgehead atoms. The zero-order chi connectivity index (χ0) is 20.1. The quantitative estimate of drug-likeness (QED) is 0.835. The Morgan fingerprint density at radius 3 is 2.54 bits per heavy atom. The monoisotopic (exact) mass is 405 g/mol. The van der Waals surface area contributed by atoms with E-state index in [1.165, 1.54) is 17.2 Å². The molecule has 0 aliphatic carbocycles. The number of H-pyrrole nitrogens is 1. The summed E-state index contributed by atoms with van der Waals surface area (Å²) in [5, 5.41) is 3.08. The van der Waals surface area contributed by atoms with Gasteiger partial charge in [0.25, 0.3) is 5.56 Å². The van der Waals surface area contributed by atoms with Gasteiger partial charge in [-0.15, -0.1) is 0 Å². The third-order valence-electron chi connectivity index (χ3n) is 5.73. The highest BCUT2D eigenvalue weighted by Gasteiger charge is 2.31. The third kappa shape index (κ3) is 3.72. The van der Waals surface area contributed by atoms with Crippen molar-refractivity contribution in [2.24, 2.45) is 11.8 Å². The van der Waals surface area contributed by atoms with Gasteiger partial charge in [-0.25, -0.2) is 23.1 Å². The van der Waals surface area contributed by atoms with Gasteiger partial charge in [0.1, 0.15) is 0 Å². The number of nitrogens with zero attached hydrogens (tertiary/aromatic N) is 4. The van der Waals surface area contributed by atoms with Crippen LogP contribution >= 0.6 is 0 Å². The summed E-state index contributed by atoms with van der Waals surface area (Å²) in [5.41, 5.74) is 1.96. The summed E-state index contributed by atoms with van der Waals surface area (Å²) in [5.74, 6) is 2.08. The molecule has 0 radical (unpaired) electrons. The zero-order valence-electron chi connectivity index (χ0n) is 16.6. The molecule has 1 N–H and O–H groups in total. The first-order valence-corrected chi connectivity index (χ1v) is 11.6. The number of piperidine rings is 1. The van der Waals surface area contributed by atoms with Crippen LogP contribution in [0.4, 0.5) is 5.95 Å². The predicted octanol–water partition coefficient (Wildman–Crippen LogP) is 1.78. The minimum Gasteiger partial charge on any atom is -0.340 e. The lowest BCUT2D eigenvalue weighted by Crippen LogP contribution is -2.39. The smallest absolute Gasteiger partial charge is 0.267 e. The Kier molecular flexibility index (Phi) is 4.81. The van der Waals surface area contributed by atoms with Gasteiger partial charge in [0, 0.05) is 30.9 Å². The van der Waals surface area contributed by atoms with Crippen LogP contribution in [0.25, 0.3) is 11.3 Å². The number of hydrogen-bond acceptors (Lipinski definition) is 6. The maximum Gasteiger partial charge on any atom is 0.267 e. The van der Waals surface area contributed by atoms with E-state index < -0.39 is 9.84 Å². The molecular formula is C19H27N5O3S. The van der Waals surface area contributed by atoms with Gasteiger partial charge in [-0.3, -0.25) is 9.89 Å². The van der Waals surface area contributed by atoms with Crippen LogP contribution in [-0.2, 0) is 9.84 Å². The molecule has 2 aromatic rings. The van der Waals surface area contributed by atoms with Gasteiger partial charge in [0.15, 0.2) is 9.84 Å². The van der Waals surface area contributed by atoms with Gasteiger partial charge in [0.2, 0.25) is 5.95 Å². The second kappa shape index (κ2) is 7.02. The standard InChI is InChI=1S/C19H27N5O3S/c1-12-6-13(2)10-23(9-12)19-20-8-16(14(3)21-19)17-7-18(25)24(22-17)15-4-5-28(26,27)11-15/h7-8,12-13,15,22H,4-6,9-11H2,1-3H3. The molecule has 152 valence electrons. The van der Waals surface area contributed by atoms with Gasteiger partial charge in [-0.1, -0.05) is 13.8 Å². The van der Waals surface area contributed by atoms with Crippen molar-refractivity contribution in [2.75, 3.05) is 29.5 Å². The summed E-state index contributed by atoms with van der Waals surface area (Å²) in [6.07, 6.45) is 3.43. The van der Waals surface area contributed by atoms with E-state index >= 15 is 0 Å². The van der Waals surface area contributed by atoms with E-state index in [0.717, 1.165) is 30.3 Å². The minimum absolute atomic E-state index is 0.00656. The lowest BCUT2D eigenvalue weighted by molar-refractivity contribution is 0.353. The third-order valence-corrected chi connectivity index (χ3v) is 7.48. The van der Waals surface area contributed by atoms with Crippen LogP contribution in [0.2, 0.25) is 0 Å². The highest BCUT2D eigenvalue weighted by molar-refractivity contribution is 7.91. The normalized spacial score (nSPS) is 27.2. The number of sulfone groups is 1. The lowest BCUT2D eigenvalue weighted by Gasteiger charge is -2.35. The molecule has 8 nitrogen and oxygen atoms in total. The van der Waals surface area contributed by atoms with E-state index in [1.807, 2.05) is 6.92 Å². The molecule has 2 aliphatic rings. The molecule has 0 amide bonds. The van der Waals surface area contributed by atoms with Crippen LogP contribution in [0, 0.1) is 18.8 Å². The summed E-state index contributed by atoms with van der Waals surface area (Å²) in [7, 11) is -3.06. The Labute approximate surface area is 164 Å². The molecular weight excluding hydrogens is 378 g/mol. The molecule has 3 unspecified atom stereocenters. The van der Waals surface area contributed by atoms with Crippen molar-refractivity contribution in [3.05, 3.63) is 28.3 Å². The predicted molar refractivity (Wildman–Crippen MR) is 108 cm³/mol. The van der Waals surface area contributed by atoms with Crippen molar-refractivity contribution < 1.29 is 8.42 Å². The largest absolute Gasteiger partial charge is 0.340 e. The molecule has 2 aromatic heterocycles. The number of nitrogens with one attached hydrogen (secondary N) is 1. The van der Waals surface area contributed by atoms with Crippen LogP contribution in [-0.4, -0.2) is 52.8 Å². The molecule has 28 heavy (non-hydrogen) atoms. The van der Waals surface area contributed by atoms with Gasteiger partial charge in [-0.2, -0.15) is 0 Å². The molecule has 0 aromatic carbocycles. The molecule has 3 atom stereocenters. The van der Waals surface area contributed by atoms with Gasteiger partial charge < -0.3 is 4.90 Å². The number of aromatic amines is 1. The summed E-state index contributed by atoms with van der Waals surface area (Å²) in [6, 6.07) is 1.17.